The van der Waals surface area contributed by atoms with Gasteiger partial charge in [0.2, 0.25) is 0 Å². The van der Waals surface area contributed by atoms with Crippen LogP contribution in [0.5, 0.6) is 0 Å². The molecule has 1 aromatic rings. The quantitative estimate of drug-likeness (QED) is 0.869. The fraction of sp³-hybridized carbons (Fsp3) is 0.632. The van der Waals surface area contributed by atoms with E-state index in [0.29, 0.717) is 18.1 Å². The number of fused-ring (bicyclic) bond motifs is 1. The molecule has 0 amide bonds. The van der Waals surface area contributed by atoms with Crippen LogP contribution in [0.4, 0.5) is 0 Å². The molecule has 3 unspecified atom stereocenters. The van der Waals surface area contributed by atoms with Gasteiger partial charge < -0.3 is 9.64 Å². The predicted octanol–water partition coefficient (Wildman–Crippen LogP) is 2.31. The summed E-state index contributed by atoms with van der Waals surface area (Å²) in [5, 5.41) is 0. The lowest BCUT2D eigenvalue weighted by Gasteiger charge is -2.41. The molecule has 3 heteroatoms. The molecule has 0 aliphatic carbocycles. The van der Waals surface area contributed by atoms with Gasteiger partial charge in [0, 0.05) is 5.92 Å². The Balaban J connectivity index is 1.60. The summed E-state index contributed by atoms with van der Waals surface area (Å²) in [5.74, 6) is 0.402. The molecule has 1 aromatic carbocycles. The van der Waals surface area contributed by atoms with E-state index in [0.717, 1.165) is 11.6 Å². The lowest BCUT2D eigenvalue weighted by Crippen LogP contribution is -3.18. The highest BCUT2D eigenvalue weighted by atomic mass is 16.5. The Morgan fingerprint density at radius 3 is 2.82 bits per heavy atom. The van der Waals surface area contributed by atoms with Gasteiger partial charge in [-0.05, 0) is 57.6 Å². The van der Waals surface area contributed by atoms with Gasteiger partial charge in [-0.25, -0.2) is 4.79 Å². The molecule has 0 radical (unpaired) electrons. The molecule has 0 bridgehead atoms. The Hall–Kier alpha value is -1.35. The van der Waals surface area contributed by atoms with Crippen molar-refractivity contribution >= 4 is 5.97 Å². The number of carbonyl (C=O) groups is 1. The maximum Gasteiger partial charge on any atom is 0.338 e. The van der Waals surface area contributed by atoms with E-state index in [-0.39, 0.29) is 5.97 Å². The van der Waals surface area contributed by atoms with Crippen molar-refractivity contribution in [2.75, 3.05) is 19.7 Å². The van der Waals surface area contributed by atoms with Gasteiger partial charge in [-0.1, -0.05) is 17.7 Å². The van der Waals surface area contributed by atoms with Crippen molar-refractivity contribution in [3.63, 3.8) is 0 Å². The molecule has 2 saturated heterocycles. The highest BCUT2D eigenvalue weighted by Crippen LogP contribution is 2.21. The van der Waals surface area contributed by atoms with E-state index in [2.05, 4.69) is 0 Å². The van der Waals surface area contributed by atoms with Crippen molar-refractivity contribution in [3.8, 4) is 0 Å². The molecule has 3 nitrogen and oxygen atoms in total. The van der Waals surface area contributed by atoms with Crippen LogP contribution < -0.4 is 4.90 Å². The van der Waals surface area contributed by atoms with Crippen molar-refractivity contribution in [2.45, 2.75) is 52.0 Å². The van der Waals surface area contributed by atoms with E-state index < -0.39 is 0 Å². The summed E-state index contributed by atoms with van der Waals surface area (Å²) < 4.78 is 5.68. The van der Waals surface area contributed by atoms with E-state index >= 15 is 0 Å². The molecule has 3 rings (SSSR count). The van der Waals surface area contributed by atoms with Gasteiger partial charge in [0.05, 0.1) is 24.7 Å². The molecule has 2 fully saturated rings. The van der Waals surface area contributed by atoms with Crippen molar-refractivity contribution in [2.24, 2.45) is 5.92 Å². The Morgan fingerprint density at radius 1 is 1.18 bits per heavy atom. The van der Waals surface area contributed by atoms with Crippen molar-refractivity contribution in [1.29, 1.82) is 0 Å². The Kier molecular flexibility index (Phi) is 4.82. The van der Waals surface area contributed by atoms with Gasteiger partial charge in [0.25, 0.3) is 0 Å². The van der Waals surface area contributed by atoms with Crippen LogP contribution in [0.2, 0.25) is 0 Å². The first-order chi connectivity index (χ1) is 10.6. The zero-order valence-corrected chi connectivity index (χ0v) is 13.9. The van der Waals surface area contributed by atoms with Crippen LogP contribution in [-0.4, -0.2) is 31.7 Å². The van der Waals surface area contributed by atoms with Crippen LogP contribution in [0.25, 0.3) is 0 Å². The van der Waals surface area contributed by atoms with Gasteiger partial charge in [0.1, 0.15) is 6.61 Å². The predicted molar refractivity (Wildman–Crippen MR) is 87.3 cm³/mol. The van der Waals surface area contributed by atoms with Crippen LogP contribution >= 0.6 is 0 Å². The van der Waals surface area contributed by atoms with E-state index in [1.54, 1.807) is 4.90 Å². The topological polar surface area (TPSA) is 30.7 Å². The van der Waals surface area contributed by atoms with Crippen LogP contribution in [0.15, 0.2) is 18.2 Å². The third-order valence-corrected chi connectivity index (χ3v) is 5.46. The molecule has 0 spiro atoms. The third kappa shape index (κ3) is 3.35. The summed E-state index contributed by atoms with van der Waals surface area (Å²) in [6.45, 7) is 7.25. The number of benzene rings is 1. The van der Waals surface area contributed by atoms with E-state index in [1.165, 1.54) is 50.8 Å². The molecule has 2 aliphatic rings. The van der Waals surface area contributed by atoms with Crippen molar-refractivity contribution in [1.82, 2.24) is 0 Å². The maximum atomic E-state index is 12.4. The largest absolute Gasteiger partial charge is 0.462 e. The van der Waals surface area contributed by atoms with Crippen molar-refractivity contribution in [3.05, 3.63) is 34.9 Å². The zero-order valence-electron chi connectivity index (χ0n) is 13.9. The summed E-state index contributed by atoms with van der Waals surface area (Å²) in [7, 11) is 0. The molecular weight excluding hydrogens is 274 g/mol. The number of quaternary nitrogens is 1. The molecule has 2 aliphatic heterocycles. The van der Waals surface area contributed by atoms with E-state index in [1.807, 2.05) is 32.0 Å². The normalized spacial score (nSPS) is 28.0. The summed E-state index contributed by atoms with van der Waals surface area (Å²) in [6.07, 6.45) is 6.50. The molecule has 2 heterocycles. The standard InChI is InChI=1S/C19H27NO2/c1-14-8-9-17(15(2)12-14)19(21)22-13-16-6-5-11-20-10-4-3-7-18(16)20/h8-9,12,16,18H,3-7,10-11,13H2,1-2H3/p+1. The minimum absolute atomic E-state index is 0.152. The molecule has 3 atom stereocenters. The summed E-state index contributed by atoms with van der Waals surface area (Å²) in [5.41, 5.74) is 2.91. The highest BCUT2D eigenvalue weighted by Gasteiger charge is 2.37. The second kappa shape index (κ2) is 6.82. The first-order valence-electron chi connectivity index (χ1n) is 8.74. The second-order valence-corrected chi connectivity index (χ2v) is 7.08. The molecule has 1 N–H and O–H groups in total. The average Bonchev–Trinajstić information content (AvgIpc) is 2.52. The van der Waals surface area contributed by atoms with Crippen LogP contribution in [0.1, 0.15) is 53.6 Å². The van der Waals surface area contributed by atoms with Gasteiger partial charge in [-0.3, -0.25) is 0 Å². The Bertz CT molecular complexity index is 538. The summed E-state index contributed by atoms with van der Waals surface area (Å²) >= 11 is 0. The highest BCUT2D eigenvalue weighted by molar-refractivity contribution is 5.91. The fourth-order valence-electron chi connectivity index (χ4n) is 4.28. The minimum Gasteiger partial charge on any atom is -0.462 e. The van der Waals surface area contributed by atoms with Gasteiger partial charge in [0.15, 0.2) is 0 Å². The number of rotatable bonds is 3. The van der Waals surface area contributed by atoms with Crippen LogP contribution in [0, 0.1) is 19.8 Å². The van der Waals surface area contributed by atoms with E-state index in [9.17, 15) is 4.79 Å². The molecular formula is C19H28NO2+. The Morgan fingerprint density at radius 2 is 2.00 bits per heavy atom. The Labute approximate surface area is 133 Å². The smallest absolute Gasteiger partial charge is 0.338 e. The number of nitrogens with one attached hydrogen (secondary N) is 1. The summed E-state index contributed by atoms with van der Waals surface area (Å²) in [4.78, 5) is 14.1. The number of hydrogen-bond acceptors (Lipinski definition) is 2. The second-order valence-electron chi connectivity index (χ2n) is 7.08. The number of esters is 1. The molecule has 22 heavy (non-hydrogen) atoms. The van der Waals surface area contributed by atoms with Gasteiger partial charge >= 0.3 is 5.97 Å². The lowest BCUT2D eigenvalue weighted by atomic mass is 9.84. The third-order valence-electron chi connectivity index (χ3n) is 5.46. The van der Waals surface area contributed by atoms with Crippen LogP contribution in [0.3, 0.4) is 0 Å². The first kappa shape index (κ1) is 15.5. The molecule has 0 aromatic heterocycles. The van der Waals surface area contributed by atoms with Gasteiger partial charge in [-0.2, -0.15) is 0 Å². The van der Waals surface area contributed by atoms with Crippen LogP contribution in [-0.2, 0) is 4.74 Å². The first-order valence-corrected chi connectivity index (χ1v) is 8.74. The van der Waals surface area contributed by atoms with Crippen molar-refractivity contribution < 1.29 is 14.4 Å². The molecule has 120 valence electrons. The maximum absolute atomic E-state index is 12.4. The number of ether oxygens (including phenoxy) is 1. The number of carbonyl (C=O) groups excluding carboxylic acids is 1. The lowest BCUT2D eigenvalue weighted by molar-refractivity contribution is -0.940. The van der Waals surface area contributed by atoms with Gasteiger partial charge in [-0.15, -0.1) is 0 Å². The fourth-order valence-corrected chi connectivity index (χ4v) is 4.28. The monoisotopic (exact) mass is 302 g/mol. The SMILES string of the molecule is Cc1ccc(C(=O)OCC2CCC[NH+]3CCCCC23)c(C)c1. The number of aryl methyl sites for hydroxylation is 2. The molecule has 0 saturated carbocycles. The zero-order chi connectivity index (χ0) is 15.5. The number of hydrogen-bond donors (Lipinski definition) is 1. The van der Waals surface area contributed by atoms with E-state index in [4.69, 9.17) is 4.74 Å². The average molecular weight is 302 g/mol. The number of piperidine rings is 2. The summed E-state index contributed by atoms with van der Waals surface area (Å²) in [6, 6.07) is 6.64. The minimum atomic E-state index is -0.152.